The SMILES string of the molecule is CCS(=O)C1CCCC(NC(=NC)NCc2ccccc2CN2CCOCC2)C1.I. The molecule has 1 heterocycles. The Bertz CT molecular complexity index is 697. The molecule has 1 aliphatic heterocycles. The van der Waals surface area contributed by atoms with Crippen LogP contribution in [0.2, 0.25) is 0 Å². The lowest BCUT2D eigenvalue weighted by molar-refractivity contribution is 0.0341. The fourth-order valence-corrected chi connectivity index (χ4v) is 5.55. The molecule has 0 bridgehead atoms. The lowest BCUT2D eigenvalue weighted by Crippen LogP contribution is -2.46. The van der Waals surface area contributed by atoms with E-state index in [1.54, 1.807) is 0 Å². The fraction of sp³-hybridized carbons (Fsp3) is 0.682. The first-order chi connectivity index (χ1) is 14.2. The summed E-state index contributed by atoms with van der Waals surface area (Å²) in [6, 6.07) is 8.97. The molecule has 0 amide bonds. The Morgan fingerprint density at radius 1 is 1.23 bits per heavy atom. The maximum absolute atomic E-state index is 12.2. The van der Waals surface area contributed by atoms with Crippen LogP contribution >= 0.6 is 24.0 Å². The number of rotatable bonds is 7. The first-order valence-electron chi connectivity index (χ1n) is 10.9. The number of benzene rings is 1. The minimum absolute atomic E-state index is 0. The normalized spacial score (nSPS) is 24.0. The van der Waals surface area contributed by atoms with Gasteiger partial charge in [-0.3, -0.25) is 14.1 Å². The van der Waals surface area contributed by atoms with E-state index in [9.17, 15) is 4.21 Å². The van der Waals surface area contributed by atoms with Crippen LogP contribution < -0.4 is 10.6 Å². The lowest BCUT2D eigenvalue weighted by atomic mass is 9.95. The quantitative estimate of drug-likeness (QED) is 0.312. The van der Waals surface area contributed by atoms with Crippen LogP contribution in [0.3, 0.4) is 0 Å². The summed E-state index contributed by atoms with van der Waals surface area (Å²) >= 11 is 0. The molecular formula is C22H37IN4O2S. The number of hydrogen-bond acceptors (Lipinski definition) is 4. The summed E-state index contributed by atoms with van der Waals surface area (Å²) < 4.78 is 17.7. The summed E-state index contributed by atoms with van der Waals surface area (Å²) in [5, 5.41) is 7.37. The second kappa shape index (κ2) is 13.6. The molecule has 2 fully saturated rings. The molecule has 170 valence electrons. The highest BCUT2D eigenvalue weighted by molar-refractivity contribution is 14.0. The minimum Gasteiger partial charge on any atom is -0.379 e. The fourth-order valence-electron chi connectivity index (χ4n) is 4.20. The molecule has 8 heteroatoms. The molecule has 0 spiro atoms. The summed E-state index contributed by atoms with van der Waals surface area (Å²) in [5.74, 6) is 1.59. The van der Waals surface area contributed by atoms with Crippen LogP contribution in [-0.2, 0) is 28.6 Å². The smallest absolute Gasteiger partial charge is 0.191 e. The number of aliphatic imine (C=N–C) groups is 1. The maximum Gasteiger partial charge on any atom is 0.191 e. The Balaban J connectivity index is 0.00000320. The van der Waals surface area contributed by atoms with Crippen LogP contribution in [-0.4, -0.2) is 65.5 Å². The topological polar surface area (TPSA) is 66.0 Å². The van der Waals surface area contributed by atoms with Crippen molar-refractivity contribution < 1.29 is 8.95 Å². The second-order valence-corrected chi connectivity index (χ2v) is 9.89. The zero-order valence-electron chi connectivity index (χ0n) is 18.3. The number of morpholine rings is 1. The number of hydrogen-bond donors (Lipinski definition) is 2. The van der Waals surface area contributed by atoms with Crippen molar-refractivity contribution in [2.45, 2.75) is 57.0 Å². The van der Waals surface area contributed by atoms with Crippen LogP contribution in [0.4, 0.5) is 0 Å². The van der Waals surface area contributed by atoms with E-state index in [1.807, 2.05) is 14.0 Å². The molecule has 2 N–H and O–H groups in total. The predicted octanol–water partition coefficient (Wildman–Crippen LogP) is 2.88. The number of nitrogens with one attached hydrogen (secondary N) is 2. The van der Waals surface area contributed by atoms with Gasteiger partial charge in [0, 0.05) is 61.1 Å². The summed E-state index contributed by atoms with van der Waals surface area (Å²) in [6.45, 7) is 7.35. The van der Waals surface area contributed by atoms with Gasteiger partial charge in [-0.05, 0) is 30.4 Å². The molecule has 2 aliphatic rings. The average molecular weight is 549 g/mol. The summed E-state index contributed by atoms with van der Waals surface area (Å²) in [5.41, 5.74) is 2.66. The molecule has 3 atom stereocenters. The van der Waals surface area contributed by atoms with Crippen molar-refractivity contribution in [2.24, 2.45) is 4.99 Å². The van der Waals surface area contributed by atoms with Crippen molar-refractivity contribution >= 4 is 40.7 Å². The Kier molecular flexibility index (Phi) is 11.6. The van der Waals surface area contributed by atoms with Gasteiger partial charge in [0.05, 0.1) is 13.2 Å². The predicted molar refractivity (Wildman–Crippen MR) is 136 cm³/mol. The summed E-state index contributed by atoms with van der Waals surface area (Å²) in [7, 11) is 1.11. The number of ether oxygens (including phenoxy) is 1. The summed E-state index contributed by atoms with van der Waals surface area (Å²) in [6.07, 6.45) is 4.30. The summed E-state index contributed by atoms with van der Waals surface area (Å²) in [4.78, 5) is 6.87. The highest BCUT2D eigenvalue weighted by Crippen LogP contribution is 2.23. The zero-order chi connectivity index (χ0) is 20.5. The van der Waals surface area contributed by atoms with Gasteiger partial charge in [-0.15, -0.1) is 24.0 Å². The van der Waals surface area contributed by atoms with Crippen molar-refractivity contribution in [3.63, 3.8) is 0 Å². The molecule has 3 unspecified atom stereocenters. The van der Waals surface area contributed by atoms with Crippen molar-refractivity contribution in [1.29, 1.82) is 0 Å². The molecule has 1 aromatic carbocycles. The molecule has 1 saturated carbocycles. The van der Waals surface area contributed by atoms with Gasteiger partial charge in [-0.1, -0.05) is 37.6 Å². The lowest BCUT2D eigenvalue weighted by Gasteiger charge is -2.30. The van der Waals surface area contributed by atoms with Gasteiger partial charge in [-0.25, -0.2) is 0 Å². The van der Waals surface area contributed by atoms with Gasteiger partial charge < -0.3 is 15.4 Å². The second-order valence-electron chi connectivity index (χ2n) is 7.88. The van der Waals surface area contributed by atoms with Crippen molar-refractivity contribution in [2.75, 3.05) is 39.1 Å². The van der Waals surface area contributed by atoms with E-state index in [2.05, 4.69) is 44.8 Å². The average Bonchev–Trinajstić information content (AvgIpc) is 2.78. The van der Waals surface area contributed by atoms with Crippen LogP contribution in [0.15, 0.2) is 29.3 Å². The first-order valence-corrected chi connectivity index (χ1v) is 12.3. The van der Waals surface area contributed by atoms with Gasteiger partial charge >= 0.3 is 0 Å². The van der Waals surface area contributed by atoms with E-state index >= 15 is 0 Å². The Labute approximate surface area is 201 Å². The Morgan fingerprint density at radius 2 is 1.97 bits per heavy atom. The van der Waals surface area contributed by atoms with Crippen molar-refractivity contribution in [3.05, 3.63) is 35.4 Å². The van der Waals surface area contributed by atoms with Gasteiger partial charge in [0.15, 0.2) is 5.96 Å². The van der Waals surface area contributed by atoms with Crippen molar-refractivity contribution in [1.82, 2.24) is 15.5 Å². The molecular weight excluding hydrogens is 511 g/mol. The highest BCUT2D eigenvalue weighted by Gasteiger charge is 2.26. The minimum atomic E-state index is -0.705. The standard InChI is InChI=1S/C22H36N4O2S.HI/c1-3-29(27)21-10-6-9-20(15-21)25-22(23-2)24-16-18-7-4-5-8-19(18)17-26-11-13-28-14-12-26;/h4-5,7-8,20-21H,3,6,9-17H2,1-2H3,(H2,23,24,25);1H. The Hall–Kier alpha value is -0.710. The van der Waals surface area contributed by atoms with Gasteiger partial charge in [0.25, 0.3) is 0 Å². The van der Waals surface area contributed by atoms with Crippen molar-refractivity contribution in [3.8, 4) is 0 Å². The van der Waals surface area contributed by atoms with E-state index in [0.29, 0.717) is 11.3 Å². The number of nitrogens with zero attached hydrogens (tertiary/aromatic N) is 2. The third-order valence-corrected chi connectivity index (χ3v) is 7.65. The maximum atomic E-state index is 12.2. The zero-order valence-corrected chi connectivity index (χ0v) is 21.4. The van der Waals surface area contributed by atoms with Crippen LogP contribution in [0.5, 0.6) is 0 Å². The number of guanidine groups is 1. The molecule has 6 nitrogen and oxygen atoms in total. The third kappa shape index (κ3) is 7.76. The molecule has 1 aromatic rings. The van der Waals surface area contributed by atoms with Gasteiger partial charge in [-0.2, -0.15) is 0 Å². The molecule has 3 rings (SSSR count). The van der Waals surface area contributed by atoms with E-state index < -0.39 is 10.8 Å². The van der Waals surface area contributed by atoms with E-state index in [0.717, 1.165) is 76.8 Å². The van der Waals surface area contributed by atoms with Crippen LogP contribution in [0, 0.1) is 0 Å². The van der Waals surface area contributed by atoms with Crippen LogP contribution in [0.1, 0.15) is 43.7 Å². The monoisotopic (exact) mass is 548 g/mol. The first kappa shape index (κ1) is 25.5. The molecule has 1 saturated heterocycles. The van der Waals surface area contributed by atoms with Gasteiger partial charge in [0.1, 0.15) is 0 Å². The molecule has 0 radical (unpaired) electrons. The van der Waals surface area contributed by atoms with Gasteiger partial charge in [0.2, 0.25) is 0 Å². The van der Waals surface area contributed by atoms with E-state index in [1.165, 1.54) is 11.1 Å². The molecule has 0 aromatic heterocycles. The molecule has 30 heavy (non-hydrogen) atoms. The largest absolute Gasteiger partial charge is 0.379 e. The third-order valence-electron chi connectivity index (χ3n) is 5.91. The van der Waals surface area contributed by atoms with E-state index in [-0.39, 0.29) is 24.0 Å². The number of halogens is 1. The van der Waals surface area contributed by atoms with E-state index in [4.69, 9.17) is 4.74 Å². The highest BCUT2D eigenvalue weighted by atomic mass is 127. The Morgan fingerprint density at radius 3 is 2.67 bits per heavy atom. The van der Waals surface area contributed by atoms with Crippen LogP contribution in [0.25, 0.3) is 0 Å². The molecule has 1 aliphatic carbocycles.